The molecule has 1 aliphatic heterocycles. The second kappa shape index (κ2) is 7.42. The van der Waals surface area contributed by atoms with E-state index in [1.165, 1.54) is 17.7 Å². The fourth-order valence-corrected chi connectivity index (χ4v) is 3.74. The van der Waals surface area contributed by atoms with Crippen molar-refractivity contribution in [2.75, 3.05) is 0 Å². The van der Waals surface area contributed by atoms with Crippen LogP contribution in [0.1, 0.15) is 43.7 Å². The largest absolute Gasteiger partial charge is 0.365 e. The first kappa shape index (κ1) is 19.6. The quantitative estimate of drug-likeness (QED) is 0.451. The second-order valence-corrected chi connectivity index (χ2v) is 8.79. The van der Waals surface area contributed by atoms with Crippen LogP contribution in [0.3, 0.4) is 0 Å². The van der Waals surface area contributed by atoms with Gasteiger partial charge >= 0.3 is 0 Å². The van der Waals surface area contributed by atoms with Gasteiger partial charge < -0.3 is 13.8 Å². The first-order chi connectivity index (χ1) is 14.9. The Labute approximate surface area is 179 Å². The summed E-state index contributed by atoms with van der Waals surface area (Å²) < 4.78 is 26.8. The molecule has 0 bridgehead atoms. The molecule has 0 fully saturated rings. The highest BCUT2D eigenvalue weighted by atomic mass is 19.1. The summed E-state index contributed by atoms with van der Waals surface area (Å²) >= 11 is 0. The lowest BCUT2D eigenvalue weighted by molar-refractivity contribution is 0.00326. The van der Waals surface area contributed by atoms with Crippen LogP contribution in [-0.4, -0.2) is 19.7 Å². The Bertz CT molecular complexity index is 1200. The Hall–Kier alpha value is -3.32. The molecule has 0 N–H and O–H groups in total. The van der Waals surface area contributed by atoms with Gasteiger partial charge in [0.25, 0.3) is 5.89 Å². The van der Waals surface area contributed by atoms with E-state index in [9.17, 15) is 4.39 Å². The van der Waals surface area contributed by atoms with Crippen molar-refractivity contribution in [1.29, 1.82) is 0 Å². The molecule has 3 heterocycles. The number of imidazole rings is 1. The molecule has 0 aliphatic carbocycles. The molecule has 7 heteroatoms. The van der Waals surface area contributed by atoms with E-state index in [1.807, 2.05) is 16.7 Å². The number of hydrogen-bond acceptors (Lipinski definition) is 5. The van der Waals surface area contributed by atoms with Gasteiger partial charge in [-0.25, -0.2) is 9.37 Å². The molecule has 1 unspecified atom stereocenters. The topological polar surface area (TPSA) is 66.0 Å². The summed E-state index contributed by atoms with van der Waals surface area (Å²) in [6, 6.07) is 14.6. The maximum Gasteiger partial charge on any atom is 0.278 e. The van der Waals surface area contributed by atoms with Crippen LogP contribution in [0.4, 0.5) is 4.39 Å². The molecule has 0 amide bonds. The number of ether oxygens (including phenoxy) is 1. The zero-order valence-corrected chi connectivity index (χ0v) is 17.7. The van der Waals surface area contributed by atoms with Crippen molar-refractivity contribution < 1.29 is 13.7 Å². The molecule has 4 aromatic rings. The molecule has 0 spiro atoms. The Kier molecular flexibility index (Phi) is 4.70. The van der Waals surface area contributed by atoms with Crippen LogP contribution in [0.15, 0.2) is 59.4 Å². The number of halogens is 1. The molecule has 0 saturated heterocycles. The molecular weight excluding hydrogens is 395 g/mol. The summed E-state index contributed by atoms with van der Waals surface area (Å²) in [5, 5.41) is 4.14. The Morgan fingerprint density at radius 1 is 1.03 bits per heavy atom. The third kappa shape index (κ3) is 3.77. The van der Waals surface area contributed by atoms with E-state index in [0.29, 0.717) is 30.6 Å². The van der Waals surface area contributed by atoms with Gasteiger partial charge in [0.05, 0.1) is 25.2 Å². The number of fused-ring (bicyclic) bond motifs is 1. The zero-order valence-electron chi connectivity index (χ0n) is 17.7. The van der Waals surface area contributed by atoms with Crippen molar-refractivity contribution in [2.45, 2.75) is 45.4 Å². The van der Waals surface area contributed by atoms with Gasteiger partial charge in [-0.05, 0) is 28.7 Å². The lowest BCUT2D eigenvalue weighted by atomic mass is 9.87. The van der Waals surface area contributed by atoms with Gasteiger partial charge in [0, 0.05) is 5.56 Å². The van der Waals surface area contributed by atoms with Gasteiger partial charge in [-0.3, -0.25) is 0 Å². The highest BCUT2D eigenvalue weighted by molar-refractivity contribution is 5.59. The van der Waals surface area contributed by atoms with E-state index in [1.54, 1.807) is 18.5 Å². The summed E-state index contributed by atoms with van der Waals surface area (Å²) in [5.74, 6) is 0.635. The molecule has 6 nitrogen and oxygen atoms in total. The molecule has 2 aromatic carbocycles. The highest BCUT2D eigenvalue weighted by Crippen LogP contribution is 2.32. The summed E-state index contributed by atoms with van der Waals surface area (Å²) in [7, 11) is 0. The van der Waals surface area contributed by atoms with E-state index in [4.69, 9.17) is 9.26 Å². The number of benzene rings is 2. The van der Waals surface area contributed by atoms with Crippen molar-refractivity contribution in [2.24, 2.45) is 0 Å². The lowest BCUT2D eigenvalue weighted by Gasteiger charge is -2.25. The average Bonchev–Trinajstić information content (AvgIpc) is 3.40. The van der Waals surface area contributed by atoms with Crippen molar-refractivity contribution in [3.63, 3.8) is 0 Å². The van der Waals surface area contributed by atoms with Crippen LogP contribution in [0.5, 0.6) is 0 Å². The minimum absolute atomic E-state index is 0.0855. The standard InChI is InChI=1S/C24H23FN4O2/c1-24(2,3)17-8-4-16(5-9-17)22-27-23(31-28-22)21-19-13-30-20(12-29(19)14-26-21)15-6-10-18(25)11-7-15/h4-11,14,20H,12-13H2,1-3H3. The smallest absolute Gasteiger partial charge is 0.278 e. The molecule has 1 atom stereocenters. The molecule has 0 radical (unpaired) electrons. The third-order valence-corrected chi connectivity index (χ3v) is 5.61. The number of rotatable bonds is 3. The fourth-order valence-electron chi connectivity index (χ4n) is 3.74. The van der Waals surface area contributed by atoms with E-state index >= 15 is 0 Å². The van der Waals surface area contributed by atoms with Crippen molar-refractivity contribution >= 4 is 0 Å². The van der Waals surface area contributed by atoms with E-state index < -0.39 is 0 Å². The fraction of sp³-hybridized carbons (Fsp3) is 0.292. The molecule has 1 aliphatic rings. The highest BCUT2D eigenvalue weighted by Gasteiger charge is 2.26. The van der Waals surface area contributed by atoms with E-state index in [2.05, 4.69) is 48.0 Å². The lowest BCUT2D eigenvalue weighted by Crippen LogP contribution is -2.20. The SMILES string of the molecule is CC(C)(C)c1ccc(-c2noc(-c3ncn4c3COC(c3ccc(F)cc3)C4)n2)cc1. The molecular formula is C24H23FN4O2. The predicted octanol–water partition coefficient (Wildman–Crippen LogP) is 5.31. The van der Waals surface area contributed by atoms with E-state index in [-0.39, 0.29) is 17.3 Å². The van der Waals surface area contributed by atoms with Crippen LogP contribution in [0, 0.1) is 5.82 Å². The molecule has 0 saturated carbocycles. The minimum Gasteiger partial charge on any atom is -0.365 e. The zero-order chi connectivity index (χ0) is 21.6. The predicted molar refractivity (Wildman–Crippen MR) is 114 cm³/mol. The van der Waals surface area contributed by atoms with Gasteiger partial charge in [0.15, 0.2) is 5.69 Å². The van der Waals surface area contributed by atoms with Gasteiger partial charge in [-0.1, -0.05) is 62.3 Å². The normalized spacial score (nSPS) is 16.3. The van der Waals surface area contributed by atoms with Crippen LogP contribution >= 0.6 is 0 Å². The molecule has 5 rings (SSSR count). The molecule has 2 aromatic heterocycles. The number of hydrogen-bond donors (Lipinski definition) is 0. The second-order valence-electron chi connectivity index (χ2n) is 8.79. The Balaban J connectivity index is 1.37. The molecule has 158 valence electrons. The number of nitrogens with zero attached hydrogens (tertiary/aromatic N) is 4. The minimum atomic E-state index is -0.259. The van der Waals surface area contributed by atoms with Gasteiger partial charge in [-0.2, -0.15) is 4.98 Å². The Morgan fingerprint density at radius 3 is 2.48 bits per heavy atom. The first-order valence-electron chi connectivity index (χ1n) is 10.2. The van der Waals surface area contributed by atoms with Crippen molar-refractivity contribution in [1.82, 2.24) is 19.7 Å². The monoisotopic (exact) mass is 418 g/mol. The van der Waals surface area contributed by atoms with E-state index in [0.717, 1.165) is 16.8 Å². The molecule has 31 heavy (non-hydrogen) atoms. The average molecular weight is 418 g/mol. The summed E-state index contributed by atoms with van der Waals surface area (Å²) in [4.78, 5) is 9.05. The van der Waals surface area contributed by atoms with Gasteiger partial charge in [-0.15, -0.1) is 0 Å². The summed E-state index contributed by atoms with van der Waals surface area (Å²) in [6.45, 7) is 7.48. The van der Waals surface area contributed by atoms with Crippen LogP contribution in [-0.2, 0) is 23.3 Å². The van der Waals surface area contributed by atoms with Crippen molar-refractivity contribution in [3.05, 3.63) is 77.5 Å². The maximum absolute atomic E-state index is 13.2. The maximum atomic E-state index is 13.2. The third-order valence-electron chi connectivity index (χ3n) is 5.61. The van der Waals surface area contributed by atoms with Gasteiger partial charge in [0.2, 0.25) is 5.82 Å². The summed E-state index contributed by atoms with van der Waals surface area (Å²) in [5.41, 5.74) is 4.67. The van der Waals surface area contributed by atoms with Crippen LogP contribution in [0.25, 0.3) is 23.0 Å². The van der Waals surface area contributed by atoms with Crippen LogP contribution in [0.2, 0.25) is 0 Å². The van der Waals surface area contributed by atoms with Crippen molar-refractivity contribution in [3.8, 4) is 23.0 Å². The summed E-state index contributed by atoms with van der Waals surface area (Å²) in [6.07, 6.45) is 1.60. The Morgan fingerprint density at radius 2 is 1.77 bits per heavy atom. The van der Waals surface area contributed by atoms with Gasteiger partial charge in [0.1, 0.15) is 11.9 Å². The number of aromatic nitrogens is 4. The van der Waals surface area contributed by atoms with Crippen LogP contribution < -0.4 is 0 Å². The first-order valence-corrected chi connectivity index (χ1v) is 10.2.